The molecular weight excluding hydrogens is 248 g/mol. The fourth-order valence-corrected chi connectivity index (χ4v) is 2.31. The number of nitrogens with zero attached hydrogens (tertiary/aromatic N) is 2. The highest BCUT2D eigenvalue weighted by molar-refractivity contribution is 5.40. The molecule has 0 amide bonds. The van der Waals surface area contributed by atoms with Crippen LogP contribution in [-0.4, -0.2) is 27.2 Å². The van der Waals surface area contributed by atoms with Crippen molar-refractivity contribution in [1.82, 2.24) is 4.98 Å². The molecule has 2 unspecified atom stereocenters. The van der Waals surface area contributed by atoms with Crippen LogP contribution in [0.1, 0.15) is 37.8 Å². The van der Waals surface area contributed by atoms with Gasteiger partial charge in [-0.15, -0.1) is 0 Å². The second-order valence-corrected chi connectivity index (χ2v) is 4.89. The van der Waals surface area contributed by atoms with Gasteiger partial charge in [0, 0.05) is 6.92 Å². The molecular formula is C13H18N2O4. The number of aliphatic hydroxyl groups is 1. The highest BCUT2D eigenvalue weighted by atomic mass is 16.6. The fraction of sp³-hybridized carbons (Fsp3) is 0.615. The van der Waals surface area contributed by atoms with Gasteiger partial charge in [-0.05, 0) is 41.3 Å². The van der Waals surface area contributed by atoms with Crippen molar-refractivity contribution in [2.24, 2.45) is 0 Å². The van der Waals surface area contributed by atoms with E-state index < -0.39 is 11.0 Å². The molecule has 0 radical (unpaired) electrons. The lowest BCUT2D eigenvalue weighted by atomic mass is 10.1. The Bertz CT molecular complexity index is 464. The van der Waals surface area contributed by atoms with E-state index in [0.717, 1.165) is 19.3 Å². The molecule has 1 aliphatic carbocycles. The molecule has 6 nitrogen and oxygen atoms in total. The Hall–Kier alpha value is -1.69. The van der Waals surface area contributed by atoms with Crippen LogP contribution >= 0.6 is 0 Å². The Labute approximate surface area is 111 Å². The van der Waals surface area contributed by atoms with Crippen LogP contribution in [-0.2, 0) is 0 Å². The molecule has 2 atom stereocenters. The van der Waals surface area contributed by atoms with Gasteiger partial charge in [0.2, 0.25) is 5.75 Å². The Kier molecular flexibility index (Phi) is 4.31. The Morgan fingerprint density at radius 1 is 1.37 bits per heavy atom. The maximum absolute atomic E-state index is 11.0. The predicted molar refractivity (Wildman–Crippen MR) is 69.1 cm³/mol. The van der Waals surface area contributed by atoms with Crippen molar-refractivity contribution < 1.29 is 14.8 Å². The molecule has 0 saturated heterocycles. The van der Waals surface area contributed by atoms with Crippen molar-refractivity contribution in [2.45, 2.75) is 51.2 Å². The minimum Gasteiger partial charge on any atom is -0.480 e. The maximum Gasteiger partial charge on any atom is 0.406 e. The summed E-state index contributed by atoms with van der Waals surface area (Å²) in [6, 6.07) is 3.23. The van der Waals surface area contributed by atoms with E-state index in [9.17, 15) is 15.2 Å². The summed E-state index contributed by atoms with van der Waals surface area (Å²) in [7, 11) is 0. The standard InChI is InChI=1S/C13H18N2O4/c1-9-7-8-12(13(14-9)15(17)18)19-11-6-4-2-3-5-10(11)16/h7-8,10-11,16H,2-6H2,1H3. The second kappa shape index (κ2) is 5.97. The van der Waals surface area contributed by atoms with Crippen molar-refractivity contribution >= 4 is 5.82 Å². The number of aliphatic hydroxyl groups excluding tert-OH is 1. The molecule has 1 heterocycles. The Morgan fingerprint density at radius 2 is 2.11 bits per heavy atom. The van der Waals surface area contributed by atoms with Crippen molar-refractivity contribution in [3.63, 3.8) is 0 Å². The fourth-order valence-electron chi connectivity index (χ4n) is 2.31. The first kappa shape index (κ1) is 13.7. The summed E-state index contributed by atoms with van der Waals surface area (Å²) in [5, 5.41) is 20.9. The van der Waals surface area contributed by atoms with Gasteiger partial charge in [0.25, 0.3) is 0 Å². The van der Waals surface area contributed by atoms with E-state index in [4.69, 9.17) is 4.74 Å². The zero-order valence-electron chi connectivity index (χ0n) is 10.9. The van der Waals surface area contributed by atoms with E-state index in [1.807, 2.05) is 0 Å². The van der Waals surface area contributed by atoms with Crippen molar-refractivity contribution in [3.05, 3.63) is 27.9 Å². The number of nitro groups is 1. The molecule has 104 valence electrons. The lowest BCUT2D eigenvalue weighted by molar-refractivity contribution is -0.390. The zero-order chi connectivity index (χ0) is 13.8. The molecule has 0 aliphatic heterocycles. The number of aryl methyl sites for hydroxylation is 1. The summed E-state index contributed by atoms with van der Waals surface area (Å²) in [4.78, 5) is 14.3. The highest BCUT2D eigenvalue weighted by Gasteiger charge is 2.27. The monoisotopic (exact) mass is 266 g/mol. The van der Waals surface area contributed by atoms with Gasteiger partial charge in [-0.25, -0.2) is 0 Å². The van der Waals surface area contributed by atoms with Gasteiger partial charge in [0.15, 0.2) is 0 Å². The van der Waals surface area contributed by atoms with E-state index in [1.54, 1.807) is 19.1 Å². The average molecular weight is 266 g/mol. The van der Waals surface area contributed by atoms with Gasteiger partial charge < -0.3 is 20.0 Å². The van der Waals surface area contributed by atoms with E-state index in [2.05, 4.69) is 4.98 Å². The third kappa shape index (κ3) is 3.41. The normalized spacial score (nSPS) is 23.7. The van der Waals surface area contributed by atoms with Crippen molar-refractivity contribution in [1.29, 1.82) is 0 Å². The molecule has 1 saturated carbocycles. The molecule has 1 aromatic heterocycles. The smallest absolute Gasteiger partial charge is 0.406 e. The zero-order valence-corrected chi connectivity index (χ0v) is 10.9. The molecule has 0 bridgehead atoms. The molecule has 1 aromatic rings. The highest BCUT2D eigenvalue weighted by Crippen LogP contribution is 2.29. The number of aromatic nitrogens is 1. The molecule has 1 fully saturated rings. The molecule has 6 heteroatoms. The van der Waals surface area contributed by atoms with Crippen LogP contribution in [0.15, 0.2) is 12.1 Å². The van der Waals surface area contributed by atoms with E-state index in [1.165, 1.54) is 0 Å². The lowest BCUT2D eigenvalue weighted by Gasteiger charge is -2.21. The Balaban J connectivity index is 2.19. The van der Waals surface area contributed by atoms with Crippen LogP contribution in [0.4, 0.5) is 5.82 Å². The number of pyridine rings is 1. The second-order valence-electron chi connectivity index (χ2n) is 4.89. The van der Waals surface area contributed by atoms with Gasteiger partial charge in [-0.1, -0.05) is 12.8 Å². The molecule has 2 rings (SSSR count). The van der Waals surface area contributed by atoms with Gasteiger partial charge in [0.05, 0.1) is 6.10 Å². The molecule has 19 heavy (non-hydrogen) atoms. The van der Waals surface area contributed by atoms with E-state index in [0.29, 0.717) is 18.5 Å². The third-order valence-electron chi connectivity index (χ3n) is 3.35. The van der Waals surface area contributed by atoms with Gasteiger partial charge in [-0.3, -0.25) is 0 Å². The van der Waals surface area contributed by atoms with E-state index >= 15 is 0 Å². The van der Waals surface area contributed by atoms with Crippen LogP contribution in [0.25, 0.3) is 0 Å². The van der Waals surface area contributed by atoms with Gasteiger partial charge in [0.1, 0.15) is 11.8 Å². The summed E-state index contributed by atoms with van der Waals surface area (Å²) < 4.78 is 5.64. The van der Waals surface area contributed by atoms with Crippen molar-refractivity contribution in [3.8, 4) is 5.75 Å². The first-order chi connectivity index (χ1) is 9.08. The summed E-state index contributed by atoms with van der Waals surface area (Å²) in [5.74, 6) is -0.141. The minimum absolute atomic E-state index is 0.140. The molecule has 0 aromatic carbocycles. The molecule has 0 spiro atoms. The van der Waals surface area contributed by atoms with Crippen LogP contribution in [0.3, 0.4) is 0 Å². The Morgan fingerprint density at radius 3 is 2.84 bits per heavy atom. The summed E-state index contributed by atoms with van der Waals surface area (Å²) >= 11 is 0. The predicted octanol–water partition coefficient (Wildman–Crippen LogP) is 2.37. The van der Waals surface area contributed by atoms with Crippen LogP contribution in [0.5, 0.6) is 5.75 Å². The van der Waals surface area contributed by atoms with Crippen LogP contribution in [0.2, 0.25) is 0 Å². The third-order valence-corrected chi connectivity index (χ3v) is 3.35. The average Bonchev–Trinajstić information content (AvgIpc) is 2.57. The van der Waals surface area contributed by atoms with Crippen molar-refractivity contribution in [2.75, 3.05) is 0 Å². The lowest BCUT2D eigenvalue weighted by Crippen LogP contribution is -2.30. The summed E-state index contributed by atoms with van der Waals surface area (Å²) in [6.07, 6.45) is 3.44. The van der Waals surface area contributed by atoms with E-state index in [-0.39, 0.29) is 17.7 Å². The number of rotatable bonds is 3. The first-order valence-corrected chi connectivity index (χ1v) is 6.54. The number of hydrogen-bond donors (Lipinski definition) is 1. The number of ether oxygens (including phenoxy) is 1. The summed E-state index contributed by atoms with van der Waals surface area (Å²) in [5.41, 5.74) is 0.570. The largest absolute Gasteiger partial charge is 0.480 e. The number of hydrogen-bond acceptors (Lipinski definition) is 5. The van der Waals surface area contributed by atoms with Gasteiger partial charge in [-0.2, -0.15) is 0 Å². The first-order valence-electron chi connectivity index (χ1n) is 6.54. The van der Waals surface area contributed by atoms with Gasteiger partial charge >= 0.3 is 5.82 Å². The SMILES string of the molecule is Cc1ccc(OC2CCCCCC2O)c([N+](=O)[O-])n1. The summed E-state index contributed by atoms with van der Waals surface area (Å²) in [6.45, 7) is 1.69. The topological polar surface area (TPSA) is 85.5 Å². The minimum atomic E-state index is -0.566. The van der Waals surface area contributed by atoms with Crippen LogP contribution in [0, 0.1) is 17.0 Å². The molecule has 1 N–H and O–H groups in total. The van der Waals surface area contributed by atoms with Crippen LogP contribution < -0.4 is 4.74 Å². The quantitative estimate of drug-likeness (QED) is 0.515. The maximum atomic E-state index is 11.0. The molecule has 1 aliphatic rings.